The van der Waals surface area contributed by atoms with Crippen LogP contribution >= 0.6 is 11.3 Å². The van der Waals surface area contributed by atoms with Gasteiger partial charge in [0, 0.05) is 0 Å². The number of carbonyl (C=O) groups excluding carboxylic acids is 1. The lowest BCUT2D eigenvalue weighted by Crippen LogP contribution is -2.34. The molecule has 0 radical (unpaired) electrons. The van der Waals surface area contributed by atoms with E-state index in [0.717, 1.165) is 14.9 Å². The molecule has 0 aliphatic carbocycles. The number of benzene rings is 1. The van der Waals surface area contributed by atoms with Gasteiger partial charge in [0.1, 0.15) is 6.54 Å². The predicted octanol–water partition coefficient (Wildman–Crippen LogP) is 2.21. The number of rotatable bonds is 4. The maximum atomic E-state index is 12.2. The predicted molar refractivity (Wildman–Crippen MR) is 91.6 cm³/mol. The number of amides is 1. The summed E-state index contributed by atoms with van der Waals surface area (Å²) in [7, 11) is 0. The van der Waals surface area contributed by atoms with Crippen LogP contribution in [0.3, 0.4) is 0 Å². The number of carbonyl (C=O) groups is 1. The van der Waals surface area contributed by atoms with Crippen LogP contribution in [0, 0.1) is 11.3 Å². The molecule has 1 aromatic carbocycles. The fraction of sp³-hybridized carbons (Fsp3) is 0.176. The van der Waals surface area contributed by atoms with Gasteiger partial charge in [0.15, 0.2) is 0 Å². The third kappa shape index (κ3) is 3.19. The van der Waals surface area contributed by atoms with Crippen molar-refractivity contribution in [2.45, 2.75) is 19.5 Å². The van der Waals surface area contributed by atoms with Crippen LogP contribution < -0.4 is 10.9 Å². The van der Waals surface area contributed by atoms with Gasteiger partial charge in [-0.05, 0) is 36.1 Å². The van der Waals surface area contributed by atoms with Crippen LogP contribution in [0.25, 0.3) is 10.1 Å². The van der Waals surface area contributed by atoms with E-state index < -0.39 is 0 Å². The molecule has 7 heteroatoms. The van der Waals surface area contributed by atoms with Crippen molar-refractivity contribution in [3.63, 3.8) is 0 Å². The first-order chi connectivity index (χ1) is 11.6. The molecule has 1 amide bonds. The summed E-state index contributed by atoms with van der Waals surface area (Å²) in [6.07, 6.45) is 1.60. The van der Waals surface area contributed by atoms with Crippen LogP contribution in [-0.2, 0) is 11.3 Å². The summed E-state index contributed by atoms with van der Waals surface area (Å²) in [6, 6.07) is 10.6. The highest BCUT2D eigenvalue weighted by Crippen LogP contribution is 2.15. The van der Waals surface area contributed by atoms with Crippen molar-refractivity contribution in [1.82, 2.24) is 15.1 Å². The number of nitrogens with one attached hydrogen (secondary N) is 1. The number of thiophene rings is 1. The molecule has 0 aliphatic heterocycles. The molecule has 2 heterocycles. The van der Waals surface area contributed by atoms with E-state index in [9.17, 15) is 9.59 Å². The smallest absolute Gasteiger partial charge is 0.275 e. The normalized spacial score (nSPS) is 11.8. The van der Waals surface area contributed by atoms with Gasteiger partial charge in [-0.2, -0.15) is 10.4 Å². The first-order valence-corrected chi connectivity index (χ1v) is 8.19. The number of aromatic nitrogens is 2. The minimum atomic E-state index is -0.295. The third-order valence-electron chi connectivity index (χ3n) is 3.69. The molecule has 0 aliphatic rings. The Labute approximate surface area is 142 Å². The van der Waals surface area contributed by atoms with Crippen molar-refractivity contribution < 1.29 is 4.79 Å². The largest absolute Gasteiger partial charge is 0.348 e. The lowest BCUT2D eigenvalue weighted by atomic mass is 10.1. The summed E-state index contributed by atoms with van der Waals surface area (Å²) in [5, 5.41) is 18.1. The summed E-state index contributed by atoms with van der Waals surface area (Å²) in [4.78, 5) is 24.4. The van der Waals surface area contributed by atoms with Gasteiger partial charge in [-0.15, -0.1) is 11.3 Å². The lowest BCUT2D eigenvalue weighted by molar-refractivity contribution is -0.122. The Morgan fingerprint density at radius 2 is 2.12 bits per heavy atom. The summed E-state index contributed by atoms with van der Waals surface area (Å²) in [5.74, 6) is -0.295. The molecular formula is C17H14N4O2S. The summed E-state index contributed by atoms with van der Waals surface area (Å²) in [5.41, 5.74) is 1.18. The Balaban J connectivity index is 1.71. The van der Waals surface area contributed by atoms with Crippen molar-refractivity contribution in [2.24, 2.45) is 0 Å². The molecule has 120 valence electrons. The molecular weight excluding hydrogens is 324 g/mol. The molecule has 3 rings (SSSR count). The zero-order valence-electron chi connectivity index (χ0n) is 12.9. The standard InChI is InChI=1S/C17H14N4O2S/c1-11(13-4-2-12(8-18)3-5-13)20-16(22)10-21-17(23)14-6-7-24-15(14)9-19-21/h2-7,9,11H,10H2,1H3,(H,20,22)/t11-/m0/s1. The van der Waals surface area contributed by atoms with Crippen molar-refractivity contribution in [1.29, 1.82) is 5.26 Å². The topological polar surface area (TPSA) is 87.8 Å². The fourth-order valence-corrected chi connectivity index (χ4v) is 3.12. The van der Waals surface area contributed by atoms with E-state index in [1.54, 1.807) is 36.5 Å². The Bertz CT molecular complexity index is 982. The number of hydrogen-bond acceptors (Lipinski definition) is 5. The van der Waals surface area contributed by atoms with Crippen molar-refractivity contribution in [3.8, 4) is 6.07 Å². The van der Waals surface area contributed by atoms with Gasteiger partial charge >= 0.3 is 0 Å². The van der Waals surface area contributed by atoms with Gasteiger partial charge in [0.25, 0.3) is 5.56 Å². The summed E-state index contributed by atoms with van der Waals surface area (Å²) in [6.45, 7) is 1.71. The maximum absolute atomic E-state index is 12.2. The van der Waals surface area contributed by atoms with Crippen molar-refractivity contribution in [3.05, 3.63) is 63.4 Å². The zero-order valence-corrected chi connectivity index (χ0v) is 13.7. The molecule has 1 atom stereocenters. The van der Waals surface area contributed by atoms with E-state index in [4.69, 9.17) is 5.26 Å². The van der Waals surface area contributed by atoms with Gasteiger partial charge in [-0.3, -0.25) is 9.59 Å². The van der Waals surface area contributed by atoms with Crippen LogP contribution in [0.1, 0.15) is 24.1 Å². The molecule has 0 fully saturated rings. The van der Waals surface area contributed by atoms with Crippen molar-refractivity contribution >= 4 is 27.3 Å². The van der Waals surface area contributed by atoms with Crippen LogP contribution in [-0.4, -0.2) is 15.7 Å². The summed E-state index contributed by atoms with van der Waals surface area (Å²) < 4.78 is 1.97. The molecule has 1 N–H and O–H groups in total. The Morgan fingerprint density at radius 3 is 2.83 bits per heavy atom. The lowest BCUT2D eigenvalue weighted by Gasteiger charge is -2.14. The first-order valence-electron chi connectivity index (χ1n) is 7.31. The van der Waals surface area contributed by atoms with E-state index in [1.165, 1.54) is 11.3 Å². The van der Waals surface area contributed by atoms with Crippen LogP contribution in [0.4, 0.5) is 0 Å². The minimum absolute atomic E-state index is 0.134. The molecule has 0 spiro atoms. The van der Waals surface area contributed by atoms with Crippen LogP contribution in [0.2, 0.25) is 0 Å². The van der Waals surface area contributed by atoms with E-state index in [-0.39, 0.29) is 24.1 Å². The molecule has 0 bridgehead atoms. The number of hydrogen-bond donors (Lipinski definition) is 1. The zero-order chi connectivity index (χ0) is 17.1. The van der Waals surface area contributed by atoms with Gasteiger partial charge in [0.2, 0.25) is 5.91 Å². The second-order valence-corrected chi connectivity index (χ2v) is 6.28. The highest BCUT2D eigenvalue weighted by atomic mass is 32.1. The Morgan fingerprint density at radius 1 is 1.38 bits per heavy atom. The van der Waals surface area contributed by atoms with E-state index in [2.05, 4.69) is 16.5 Å². The summed E-state index contributed by atoms with van der Waals surface area (Å²) >= 11 is 1.44. The van der Waals surface area contributed by atoms with Gasteiger partial charge < -0.3 is 5.32 Å². The quantitative estimate of drug-likeness (QED) is 0.790. The van der Waals surface area contributed by atoms with Crippen LogP contribution in [0.15, 0.2) is 46.7 Å². The van der Waals surface area contributed by atoms with Crippen molar-refractivity contribution in [2.75, 3.05) is 0 Å². The molecule has 0 saturated heterocycles. The molecule has 0 unspecified atom stereocenters. The molecule has 24 heavy (non-hydrogen) atoms. The van der Waals surface area contributed by atoms with Gasteiger partial charge in [-0.1, -0.05) is 12.1 Å². The second-order valence-electron chi connectivity index (χ2n) is 5.33. The van der Waals surface area contributed by atoms with E-state index >= 15 is 0 Å². The number of nitrogens with zero attached hydrogens (tertiary/aromatic N) is 3. The van der Waals surface area contributed by atoms with Gasteiger partial charge in [0.05, 0.1) is 34.0 Å². The molecule has 3 aromatic rings. The minimum Gasteiger partial charge on any atom is -0.348 e. The Hall–Kier alpha value is -2.98. The number of fused-ring (bicyclic) bond motifs is 1. The fourth-order valence-electron chi connectivity index (χ4n) is 2.38. The third-order valence-corrected chi connectivity index (χ3v) is 4.54. The SMILES string of the molecule is C[C@H](NC(=O)Cn1ncc2sccc2c1=O)c1ccc(C#N)cc1. The molecule has 6 nitrogen and oxygen atoms in total. The van der Waals surface area contributed by atoms with E-state index in [0.29, 0.717) is 10.9 Å². The highest BCUT2D eigenvalue weighted by molar-refractivity contribution is 7.17. The highest BCUT2D eigenvalue weighted by Gasteiger charge is 2.12. The number of nitriles is 1. The maximum Gasteiger partial charge on any atom is 0.275 e. The van der Waals surface area contributed by atoms with E-state index in [1.807, 2.05) is 12.3 Å². The van der Waals surface area contributed by atoms with Gasteiger partial charge in [-0.25, -0.2) is 4.68 Å². The van der Waals surface area contributed by atoms with Crippen LogP contribution in [0.5, 0.6) is 0 Å². The second kappa shape index (κ2) is 6.64. The Kier molecular flexibility index (Phi) is 4.40. The molecule has 0 saturated carbocycles. The average Bonchev–Trinajstić information content (AvgIpc) is 3.07. The monoisotopic (exact) mass is 338 g/mol. The molecule has 2 aromatic heterocycles. The first kappa shape index (κ1) is 15.9. The average molecular weight is 338 g/mol.